The van der Waals surface area contributed by atoms with Gasteiger partial charge in [0, 0.05) is 42.8 Å². The first-order valence-electron chi connectivity index (χ1n) is 11.5. The fraction of sp³-hybridized carbons (Fsp3) is 0.417. The van der Waals surface area contributed by atoms with Gasteiger partial charge < -0.3 is 19.8 Å². The van der Waals surface area contributed by atoms with Crippen LogP contribution in [0, 0.1) is 6.92 Å². The molecule has 10 nitrogen and oxygen atoms in total. The van der Waals surface area contributed by atoms with E-state index in [-0.39, 0.29) is 12.5 Å². The molecule has 35 heavy (non-hydrogen) atoms. The van der Waals surface area contributed by atoms with Crippen molar-refractivity contribution in [3.05, 3.63) is 42.3 Å². The van der Waals surface area contributed by atoms with Crippen LogP contribution in [-0.4, -0.2) is 60.0 Å². The van der Waals surface area contributed by atoms with Crippen molar-refractivity contribution in [2.75, 3.05) is 23.3 Å². The summed E-state index contributed by atoms with van der Waals surface area (Å²) >= 11 is 0. The van der Waals surface area contributed by atoms with Crippen molar-refractivity contribution in [3.8, 4) is 11.4 Å². The van der Waals surface area contributed by atoms with Crippen molar-refractivity contribution in [1.29, 1.82) is 0 Å². The Hall–Kier alpha value is -3.73. The fourth-order valence-electron chi connectivity index (χ4n) is 4.28. The lowest BCUT2D eigenvalue weighted by molar-refractivity contribution is -0.00860. The third-order valence-corrected chi connectivity index (χ3v) is 6.17. The van der Waals surface area contributed by atoms with Crippen LogP contribution in [0.5, 0.6) is 0 Å². The summed E-state index contributed by atoms with van der Waals surface area (Å²) in [5.41, 5.74) is -0.0572. The Labute approximate surface area is 201 Å². The molecule has 4 aromatic heterocycles. The highest BCUT2D eigenvalue weighted by Crippen LogP contribution is 2.33. The summed E-state index contributed by atoms with van der Waals surface area (Å²) in [5, 5.41) is 19.0. The van der Waals surface area contributed by atoms with E-state index in [1.54, 1.807) is 36.5 Å². The molecule has 11 heteroatoms. The molecule has 0 unspecified atom stereocenters. The zero-order chi connectivity index (χ0) is 24.7. The number of aryl methyl sites for hydroxylation is 1. The number of halogens is 1. The second-order valence-electron chi connectivity index (χ2n) is 9.33. The minimum Gasteiger partial charge on any atom is -0.390 e. The monoisotopic (exact) mass is 478 g/mol. The Morgan fingerprint density at radius 2 is 2.00 bits per heavy atom. The first kappa shape index (κ1) is 23.0. The maximum Gasteiger partial charge on any atom is 0.227 e. The number of aliphatic hydroxyl groups is 1. The van der Waals surface area contributed by atoms with Crippen molar-refractivity contribution < 1.29 is 14.0 Å². The third kappa shape index (κ3) is 4.51. The first-order valence-corrected chi connectivity index (χ1v) is 11.5. The molecule has 2 atom stereocenters. The van der Waals surface area contributed by atoms with E-state index in [0.717, 1.165) is 22.0 Å². The van der Waals surface area contributed by atoms with E-state index >= 15 is 0 Å². The van der Waals surface area contributed by atoms with Crippen molar-refractivity contribution >= 4 is 28.4 Å². The van der Waals surface area contributed by atoms with Gasteiger partial charge >= 0.3 is 0 Å². The number of rotatable bonds is 5. The van der Waals surface area contributed by atoms with E-state index in [9.17, 15) is 9.50 Å². The van der Waals surface area contributed by atoms with E-state index in [1.165, 1.54) is 6.92 Å². The number of hydrogen-bond acceptors (Lipinski definition) is 10. The number of nitrogens with zero attached hydrogens (tertiary/aromatic N) is 7. The highest BCUT2D eigenvalue weighted by molar-refractivity contribution is 5.97. The lowest BCUT2D eigenvalue weighted by Gasteiger charge is -2.38. The van der Waals surface area contributed by atoms with Crippen LogP contribution in [0.2, 0.25) is 0 Å². The molecular weight excluding hydrogens is 451 g/mol. The van der Waals surface area contributed by atoms with Crippen molar-refractivity contribution in [3.63, 3.8) is 0 Å². The van der Waals surface area contributed by atoms with Gasteiger partial charge in [0.05, 0.1) is 23.9 Å². The Bertz CT molecular complexity index is 1370. The smallest absolute Gasteiger partial charge is 0.227 e. The number of piperidine rings is 1. The third-order valence-electron chi connectivity index (χ3n) is 6.17. The van der Waals surface area contributed by atoms with Gasteiger partial charge in [-0.15, -0.1) is 0 Å². The molecule has 0 aliphatic carbocycles. The molecule has 2 N–H and O–H groups in total. The Morgan fingerprint density at radius 3 is 2.71 bits per heavy atom. The number of anilines is 3. The zero-order valence-electron chi connectivity index (χ0n) is 20.0. The van der Waals surface area contributed by atoms with Gasteiger partial charge in [-0.1, -0.05) is 19.0 Å². The molecule has 0 saturated carbocycles. The maximum absolute atomic E-state index is 14.7. The van der Waals surface area contributed by atoms with E-state index in [2.05, 4.69) is 49.2 Å². The maximum atomic E-state index is 14.7. The van der Waals surface area contributed by atoms with Crippen LogP contribution in [0.3, 0.4) is 0 Å². The van der Waals surface area contributed by atoms with E-state index < -0.39 is 11.8 Å². The number of pyridine rings is 2. The zero-order valence-corrected chi connectivity index (χ0v) is 20.0. The van der Waals surface area contributed by atoms with Gasteiger partial charge in [0.25, 0.3) is 0 Å². The SMILES string of the molecule is Cc1nc(-c2cnc(C(C)C)c3cc(Nc4ccnc(N5CC[C@@H](O)[C@@](C)(F)C5)n4)ncc23)no1. The Kier molecular flexibility index (Phi) is 5.79. The highest BCUT2D eigenvalue weighted by Gasteiger charge is 2.39. The Balaban J connectivity index is 1.47. The minimum absolute atomic E-state index is 0.0214. The van der Waals surface area contributed by atoms with Crippen LogP contribution in [0.15, 0.2) is 35.2 Å². The van der Waals surface area contributed by atoms with Crippen molar-refractivity contribution in [2.45, 2.75) is 51.8 Å². The van der Waals surface area contributed by atoms with Crippen LogP contribution in [0.1, 0.15) is 44.7 Å². The molecule has 0 amide bonds. The molecule has 4 aromatic rings. The van der Waals surface area contributed by atoms with Crippen LogP contribution in [0.4, 0.5) is 22.0 Å². The molecule has 0 spiro atoms. The second kappa shape index (κ2) is 8.81. The second-order valence-corrected chi connectivity index (χ2v) is 9.33. The standard InChI is InChI=1S/C24H27FN8O2/c1-13(2)21-15-9-20(27-10-16(15)17(11-28-21)22-29-14(3)35-32-22)30-19-5-7-26-23(31-19)33-8-6-18(34)24(4,25)12-33/h5,7,9-11,13,18,34H,6,8,12H2,1-4H3,(H,26,27,30,31)/t18-,24+/m1/s1. The predicted octanol–water partition coefficient (Wildman–Crippen LogP) is 3.94. The lowest BCUT2D eigenvalue weighted by Crippen LogP contribution is -2.52. The molecule has 5 rings (SSSR count). The molecule has 0 radical (unpaired) electrons. The number of nitrogens with one attached hydrogen (secondary N) is 1. The van der Waals surface area contributed by atoms with Gasteiger partial charge in [-0.2, -0.15) is 9.97 Å². The van der Waals surface area contributed by atoms with Crippen molar-refractivity contribution in [2.24, 2.45) is 0 Å². The van der Waals surface area contributed by atoms with Gasteiger partial charge in [0.1, 0.15) is 11.6 Å². The largest absolute Gasteiger partial charge is 0.390 e. The molecule has 1 saturated heterocycles. The fourth-order valence-corrected chi connectivity index (χ4v) is 4.28. The van der Waals surface area contributed by atoms with E-state index in [0.29, 0.717) is 42.3 Å². The molecule has 182 valence electrons. The summed E-state index contributed by atoms with van der Waals surface area (Å²) in [4.78, 5) is 24.2. The molecule has 5 heterocycles. The van der Waals surface area contributed by atoms with Gasteiger partial charge in [-0.25, -0.2) is 14.4 Å². The van der Waals surface area contributed by atoms with Crippen molar-refractivity contribution in [1.82, 2.24) is 30.1 Å². The summed E-state index contributed by atoms with van der Waals surface area (Å²) in [6, 6.07) is 3.65. The highest BCUT2D eigenvalue weighted by atomic mass is 19.1. The van der Waals surface area contributed by atoms with Crippen LogP contribution >= 0.6 is 0 Å². The number of alkyl halides is 1. The molecule has 0 bridgehead atoms. The average Bonchev–Trinajstić information content (AvgIpc) is 3.26. The van der Waals surface area contributed by atoms with Gasteiger partial charge in [0.2, 0.25) is 17.7 Å². The molecule has 1 aliphatic heterocycles. The normalized spacial score (nSPS) is 20.5. The van der Waals surface area contributed by atoms with Gasteiger partial charge in [-0.05, 0) is 31.4 Å². The number of hydrogen-bond donors (Lipinski definition) is 2. The lowest BCUT2D eigenvalue weighted by atomic mass is 9.94. The van der Waals surface area contributed by atoms with E-state index in [1.807, 2.05) is 6.07 Å². The minimum atomic E-state index is -1.72. The van der Waals surface area contributed by atoms with E-state index in [4.69, 9.17) is 4.52 Å². The van der Waals surface area contributed by atoms with Gasteiger partial charge in [0.15, 0.2) is 5.67 Å². The molecule has 1 fully saturated rings. The number of aliphatic hydroxyl groups excluding tert-OH is 1. The molecule has 0 aromatic carbocycles. The summed E-state index contributed by atoms with van der Waals surface area (Å²) in [6.45, 7) is 7.80. The summed E-state index contributed by atoms with van der Waals surface area (Å²) < 4.78 is 19.8. The topological polar surface area (TPSA) is 126 Å². The Morgan fingerprint density at radius 1 is 1.17 bits per heavy atom. The average molecular weight is 479 g/mol. The molecular formula is C24H27FN8O2. The first-order chi connectivity index (χ1) is 16.7. The summed E-state index contributed by atoms with van der Waals surface area (Å²) in [7, 11) is 0. The summed E-state index contributed by atoms with van der Waals surface area (Å²) in [6.07, 6.45) is 4.44. The van der Waals surface area contributed by atoms with Crippen LogP contribution in [-0.2, 0) is 0 Å². The predicted molar refractivity (Wildman–Crippen MR) is 129 cm³/mol. The van der Waals surface area contributed by atoms with Gasteiger partial charge in [-0.3, -0.25) is 4.98 Å². The summed E-state index contributed by atoms with van der Waals surface area (Å²) in [5.74, 6) is 2.62. The van der Waals surface area contributed by atoms with Crippen LogP contribution in [0.25, 0.3) is 22.2 Å². The molecule has 1 aliphatic rings. The quantitative estimate of drug-likeness (QED) is 0.435. The number of aromatic nitrogens is 6. The van der Waals surface area contributed by atoms with Crippen LogP contribution < -0.4 is 10.2 Å². The number of fused-ring (bicyclic) bond motifs is 1.